The molecule has 8 nitrogen and oxygen atoms in total. The van der Waals surface area contributed by atoms with Crippen LogP contribution in [0.15, 0.2) is 33.4 Å². The van der Waals surface area contributed by atoms with Gasteiger partial charge in [0.2, 0.25) is 5.91 Å². The SMILES string of the molecule is Cc1noc2nc(-c3ccco3)cc(C(=O)NCC(=O)N3CCCCC3)c12. The summed E-state index contributed by atoms with van der Waals surface area (Å²) in [5.41, 5.74) is 1.65. The molecule has 0 atom stereocenters. The molecule has 0 unspecified atom stereocenters. The Morgan fingerprint density at radius 2 is 2.07 bits per heavy atom. The fourth-order valence-corrected chi connectivity index (χ4v) is 3.33. The van der Waals surface area contributed by atoms with E-state index >= 15 is 0 Å². The second-order valence-electron chi connectivity index (χ2n) is 6.60. The molecule has 0 radical (unpaired) electrons. The third kappa shape index (κ3) is 3.42. The van der Waals surface area contributed by atoms with E-state index in [1.807, 2.05) is 0 Å². The number of aryl methyl sites for hydroxylation is 1. The van der Waals surface area contributed by atoms with E-state index in [2.05, 4.69) is 15.5 Å². The average molecular weight is 368 g/mol. The minimum absolute atomic E-state index is 0.0386. The highest BCUT2D eigenvalue weighted by Gasteiger charge is 2.22. The molecule has 27 heavy (non-hydrogen) atoms. The molecular weight excluding hydrogens is 348 g/mol. The number of nitrogens with zero attached hydrogens (tertiary/aromatic N) is 3. The van der Waals surface area contributed by atoms with Crippen LogP contribution in [0.2, 0.25) is 0 Å². The highest BCUT2D eigenvalue weighted by molar-refractivity contribution is 6.07. The number of rotatable bonds is 4. The van der Waals surface area contributed by atoms with Crippen LogP contribution >= 0.6 is 0 Å². The second kappa shape index (κ2) is 7.22. The lowest BCUT2D eigenvalue weighted by Gasteiger charge is -2.26. The Morgan fingerprint density at radius 3 is 2.81 bits per heavy atom. The highest BCUT2D eigenvalue weighted by atomic mass is 16.5. The Kier molecular flexibility index (Phi) is 4.62. The molecule has 1 aliphatic heterocycles. The number of carbonyl (C=O) groups excluding carboxylic acids is 2. The number of hydrogen-bond donors (Lipinski definition) is 1. The van der Waals surface area contributed by atoms with Crippen LogP contribution in [0.3, 0.4) is 0 Å². The fraction of sp³-hybridized carbons (Fsp3) is 0.368. The number of fused-ring (bicyclic) bond motifs is 1. The second-order valence-corrected chi connectivity index (χ2v) is 6.60. The van der Waals surface area contributed by atoms with Crippen molar-refractivity contribution >= 4 is 22.9 Å². The summed E-state index contributed by atoms with van der Waals surface area (Å²) < 4.78 is 10.6. The van der Waals surface area contributed by atoms with Crippen LogP contribution in [0, 0.1) is 6.92 Å². The number of pyridine rings is 1. The van der Waals surface area contributed by atoms with E-state index in [0.717, 1.165) is 32.4 Å². The standard InChI is InChI=1S/C19H20N4O4/c1-12-17-13(18(25)20-11-16(24)23-7-3-2-4-8-23)10-14(15-6-5-9-26-15)21-19(17)27-22-12/h5-6,9-10H,2-4,7-8,11H2,1H3,(H,20,25). The van der Waals surface area contributed by atoms with Gasteiger partial charge in [-0.2, -0.15) is 0 Å². The van der Waals surface area contributed by atoms with Gasteiger partial charge in [-0.05, 0) is 44.4 Å². The zero-order valence-electron chi connectivity index (χ0n) is 15.0. The molecule has 0 bridgehead atoms. The first-order valence-electron chi connectivity index (χ1n) is 9.00. The lowest BCUT2D eigenvalue weighted by molar-refractivity contribution is -0.130. The normalized spacial score (nSPS) is 14.5. The monoisotopic (exact) mass is 368 g/mol. The zero-order chi connectivity index (χ0) is 18.8. The quantitative estimate of drug-likeness (QED) is 0.759. The molecule has 0 aliphatic carbocycles. The molecule has 0 spiro atoms. The van der Waals surface area contributed by atoms with Gasteiger partial charge in [0, 0.05) is 13.1 Å². The minimum Gasteiger partial charge on any atom is -0.463 e. The molecule has 4 heterocycles. The van der Waals surface area contributed by atoms with E-state index < -0.39 is 0 Å². The van der Waals surface area contributed by atoms with Gasteiger partial charge >= 0.3 is 0 Å². The number of furan rings is 1. The van der Waals surface area contributed by atoms with E-state index in [1.54, 1.807) is 30.0 Å². The van der Waals surface area contributed by atoms with Crippen LogP contribution in [0.4, 0.5) is 0 Å². The van der Waals surface area contributed by atoms with Gasteiger partial charge in [0.15, 0.2) is 5.76 Å². The Labute approximate surface area is 155 Å². The largest absolute Gasteiger partial charge is 0.463 e. The predicted octanol–water partition coefficient (Wildman–Crippen LogP) is 2.53. The summed E-state index contributed by atoms with van der Waals surface area (Å²) in [6, 6.07) is 5.12. The molecule has 1 fully saturated rings. The van der Waals surface area contributed by atoms with Crippen molar-refractivity contribution in [2.24, 2.45) is 0 Å². The van der Waals surface area contributed by atoms with Crippen LogP contribution in [-0.2, 0) is 4.79 Å². The van der Waals surface area contributed by atoms with Gasteiger partial charge in [-0.25, -0.2) is 4.98 Å². The summed E-state index contributed by atoms with van der Waals surface area (Å²) in [4.78, 5) is 31.3. The molecule has 3 aromatic rings. The minimum atomic E-state index is -0.369. The molecule has 3 aromatic heterocycles. The molecule has 1 saturated heterocycles. The molecule has 1 N–H and O–H groups in total. The van der Waals surface area contributed by atoms with Gasteiger partial charge in [-0.1, -0.05) is 5.16 Å². The third-order valence-corrected chi connectivity index (χ3v) is 4.74. The molecule has 8 heteroatoms. The summed E-state index contributed by atoms with van der Waals surface area (Å²) in [5, 5.41) is 7.16. The van der Waals surface area contributed by atoms with E-state index in [9.17, 15) is 9.59 Å². The molecule has 1 aliphatic rings. The van der Waals surface area contributed by atoms with Gasteiger partial charge in [0.25, 0.3) is 11.6 Å². The number of nitrogens with one attached hydrogen (secondary N) is 1. The number of carbonyl (C=O) groups is 2. The van der Waals surface area contributed by atoms with Gasteiger partial charge in [-0.3, -0.25) is 9.59 Å². The Morgan fingerprint density at radius 1 is 1.26 bits per heavy atom. The van der Waals surface area contributed by atoms with Gasteiger partial charge in [0.05, 0.1) is 29.5 Å². The number of piperidine rings is 1. The maximum absolute atomic E-state index is 12.8. The van der Waals surface area contributed by atoms with Crippen LogP contribution in [0.5, 0.6) is 0 Å². The van der Waals surface area contributed by atoms with Crippen molar-refractivity contribution in [2.75, 3.05) is 19.6 Å². The molecular formula is C19H20N4O4. The van der Waals surface area contributed by atoms with Crippen molar-refractivity contribution in [3.63, 3.8) is 0 Å². The Balaban J connectivity index is 1.58. The lowest BCUT2D eigenvalue weighted by atomic mass is 10.1. The van der Waals surface area contributed by atoms with Crippen molar-refractivity contribution < 1.29 is 18.5 Å². The molecule has 140 valence electrons. The van der Waals surface area contributed by atoms with Crippen molar-refractivity contribution in [1.29, 1.82) is 0 Å². The number of likely N-dealkylation sites (tertiary alicyclic amines) is 1. The van der Waals surface area contributed by atoms with Crippen LogP contribution in [0.1, 0.15) is 35.3 Å². The van der Waals surface area contributed by atoms with Gasteiger partial charge in [-0.15, -0.1) is 0 Å². The zero-order valence-corrected chi connectivity index (χ0v) is 15.0. The van der Waals surface area contributed by atoms with Crippen molar-refractivity contribution in [1.82, 2.24) is 20.4 Å². The summed E-state index contributed by atoms with van der Waals surface area (Å²) in [5.74, 6) is 0.0814. The number of amides is 2. The predicted molar refractivity (Wildman–Crippen MR) is 97.0 cm³/mol. The molecule has 0 aromatic carbocycles. The van der Waals surface area contributed by atoms with Crippen LogP contribution in [0.25, 0.3) is 22.6 Å². The maximum atomic E-state index is 12.8. The smallest absolute Gasteiger partial charge is 0.259 e. The van der Waals surface area contributed by atoms with E-state index in [0.29, 0.717) is 28.1 Å². The maximum Gasteiger partial charge on any atom is 0.259 e. The Hall–Kier alpha value is -3.16. The summed E-state index contributed by atoms with van der Waals surface area (Å²) in [7, 11) is 0. The first kappa shape index (κ1) is 17.3. The first-order valence-corrected chi connectivity index (χ1v) is 9.00. The van der Waals surface area contributed by atoms with Crippen molar-refractivity contribution in [2.45, 2.75) is 26.2 Å². The number of aromatic nitrogens is 2. The number of hydrogen-bond acceptors (Lipinski definition) is 6. The third-order valence-electron chi connectivity index (χ3n) is 4.74. The van der Waals surface area contributed by atoms with Crippen molar-refractivity contribution in [3.05, 3.63) is 35.7 Å². The highest BCUT2D eigenvalue weighted by Crippen LogP contribution is 2.27. The fourth-order valence-electron chi connectivity index (χ4n) is 3.33. The van der Waals surface area contributed by atoms with Gasteiger partial charge < -0.3 is 19.2 Å². The average Bonchev–Trinajstić information content (AvgIpc) is 3.36. The first-order chi connectivity index (χ1) is 13.1. The van der Waals surface area contributed by atoms with Crippen LogP contribution < -0.4 is 5.32 Å². The van der Waals surface area contributed by atoms with E-state index in [1.165, 1.54) is 6.26 Å². The van der Waals surface area contributed by atoms with Crippen molar-refractivity contribution in [3.8, 4) is 11.5 Å². The van der Waals surface area contributed by atoms with Gasteiger partial charge in [0.1, 0.15) is 5.69 Å². The molecule has 2 amide bonds. The van der Waals surface area contributed by atoms with E-state index in [4.69, 9.17) is 8.94 Å². The summed E-state index contributed by atoms with van der Waals surface area (Å²) in [6.07, 6.45) is 4.70. The molecule has 4 rings (SSSR count). The summed E-state index contributed by atoms with van der Waals surface area (Å²) >= 11 is 0. The van der Waals surface area contributed by atoms with Crippen LogP contribution in [-0.4, -0.2) is 46.5 Å². The topological polar surface area (TPSA) is 101 Å². The lowest BCUT2D eigenvalue weighted by Crippen LogP contribution is -2.42. The summed E-state index contributed by atoms with van der Waals surface area (Å²) in [6.45, 7) is 3.21. The Bertz CT molecular complexity index is 971. The van der Waals surface area contributed by atoms with E-state index in [-0.39, 0.29) is 24.1 Å². The molecule has 0 saturated carbocycles.